The summed E-state index contributed by atoms with van der Waals surface area (Å²) in [4.78, 5) is 70.4. The van der Waals surface area contributed by atoms with E-state index in [0.29, 0.717) is 38.5 Å². The Kier molecular flexibility index (Phi) is 34.3. The van der Waals surface area contributed by atoms with Gasteiger partial charge < -0.3 is 28.4 Å². The quantitative estimate of drug-likeness (QED) is 0.0129. The number of esters is 4. The summed E-state index contributed by atoms with van der Waals surface area (Å²) in [5.41, 5.74) is -1.30. The van der Waals surface area contributed by atoms with Crippen LogP contribution in [0.2, 0.25) is 0 Å². The van der Waals surface area contributed by atoms with Crippen molar-refractivity contribution in [1.82, 2.24) is 0 Å². The van der Waals surface area contributed by atoms with E-state index in [4.69, 9.17) is 28.4 Å². The van der Waals surface area contributed by atoms with Gasteiger partial charge in [0.05, 0.1) is 49.1 Å². The largest absolute Gasteiger partial charge is 0.514 e. The highest BCUT2D eigenvalue weighted by atomic mass is 127. The van der Waals surface area contributed by atoms with Gasteiger partial charge in [0.2, 0.25) is 0 Å². The number of hydrogen-bond acceptors (Lipinski definition) is 11. The maximum absolute atomic E-state index is 13.8. The molecule has 0 heterocycles. The lowest BCUT2D eigenvalue weighted by atomic mass is 10.2. The van der Waals surface area contributed by atoms with Crippen LogP contribution in [0.15, 0.2) is 368 Å². The van der Waals surface area contributed by atoms with Gasteiger partial charge >= 0.3 is 36.2 Å². The molecule has 0 aliphatic heterocycles. The van der Waals surface area contributed by atoms with Crippen molar-refractivity contribution < 1.29 is 78.7 Å². The fourth-order valence-corrected chi connectivity index (χ4v) is 19.2. The molecule has 0 aromatic heterocycles. The molecule has 0 saturated carbocycles. The third kappa shape index (κ3) is 28.2. The number of alkyl halides is 7. The van der Waals surface area contributed by atoms with Crippen LogP contribution in [0.3, 0.4) is 0 Å². The zero-order valence-electron chi connectivity index (χ0n) is 63.6. The van der Waals surface area contributed by atoms with Crippen LogP contribution in [0.5, 0.6) is 28.7 Å². The van der Waals surface area contributed by atoms with Crippen LogP contribution in [0.1, 0.15) is 61.0 Å². The minimum Gasteiger partial charge on any atom is -0.428 e. The molecular weight excluding hydrogens is 2020 g/mol. The summed E-state index contributed by atoms with van der Waals surface area (Å²) in [6, 6.07) is 91.1. The van der Waals surface area contributed by atoms with Gasteiger partial charge in [-0.15, -0.1) is 0 Å². The highest BCUT2D eigenvalue weighted by molar-refractivity contribution is 14.1. The topological polar surface area (TPSA) is 141 Å². The molecule has 0 fully saturated rings. The fraction of sp³-hybridized carbons (Fsp3) is 0.154. The monoisotopic (exact) mass is 2100 g/mol. The number of carbonyl (C=O) groups is 5. The van der Waals surface area contributed by atoms with Crippen molar-refractivity contribution >= 4 is 164 Å². The number of hydrogen-bond donors (Lipinski definition) is 0. The van der Waals surface area contributed by atoms with Gasteiger partial charge in [-0.3, -0.25) is 19.2 Å². The molecule has 598 valence electrons. The molecule has 25 heteroatoms. The van der Waals surface area contributed by atoms with E-state index < -0.39 is 82.1 Å². The molecule has 0 saturated heterocycles. The van der Waals surface area contributed by atoms with Crippen molar-refractivity contribution in [2.75, 3.05) is 0 Å². The lowest BCUT2D eigenvalue weighted by molar-refractivity contribution is -0.138. The summed E-state index contributed by atoms with van der Waals surface area (Å²) in [5.74, 6) is -0.424. The maximum Gasteiger partial charge on any atom is 0.514 e. The molecule has 0 amide bonds. The van der Waals surface area contributed by atoms with E-state index in [2.05, 4.69) is 34.7 Å². The Morgan fingerprint density at radius 2 is 0.560 bits per heavy atom. The molecule has 12 rings (SSSR count). The minimum absolute atomic E-state index is 0.210. The predicted molar refractivity (Wildman–Crippen MR) is 479 cm³/mol. The first-order valence-corrected chi connectivity index (χ1v) is 45.3. The van der Waals surface area contributed by atoms with Crippen LogP contribution < -0.4 is 23.7 Å². The van der Waals surface area contributed by atoms with Gasteiger partial charge in [-0.05, 0) is 250 Å². The predicted octanol–water partition coefficient (Wildman–Crippen LogP) is 25.2. The summed E-state index contributed by atoms with van der Waals surface area (Å²) >= 11 is 8.05. The van der Waals surface area contributed by atoms with E-state index >= 15 is 0 Å². The number of benzene rings is 12. The Labute approximate surface area is 737 Å². The highest BCUT2D eigenvalue weighted by Gasteiger charge is 2.37. The summed E-state index contributed by atoms with van der Waals surface area (Å²) < 4.78 is 112. The van der Waals surface area contributed by atoms with Crippen LogP contribution in [-0.2, 0) is 73.7 Å². The van der Waals surface area contributed by atoms with Gasteiger partial charge in [0, 0.05) is 30.3 Å². The normalized spacial score (nSPS) is 13.0. The summed E-state index contributed by atoms with van der Waals surface area (Å²) in [5, 5.41) is 0. The van der Waals surface area contributed by atoms with E-state index in [1.807, 2.05) is 258 Å². The van der Waals surface area contributed by atoms with Crippen LogP contribution in [0.25, 0.3) is 0 Å². The molecule has 0 aliphatic carbocycles. The second-order valence-corrected chi connectivity index (χ2v) is 42.9. The van der Waals surface area contributed by atoms with Crippen LogP contribution in [-0.4, -0.2) is 50.8 Å². The van der Waals surface area contributed by atoms with Crippen molar-refractivity contribution in [3.05, 3.63) is 332 Å². The average molecular weight is 2100 g/mol. The molecule has 0 aliphatic rings. The molecule has 11 nitrogen and oxygen atoms in total. The molecule has 116 heavy (non-hydrogen) atoms. The summed E-state index contributed by atoms with van der Waals surface area (Å²) in [6.07, 6.45) is -5.14. The first kappa shape index (κ1) is 91.6. The molecular formula is C91H78F6I4O11S4+4. The maximum atomic E-state index is 13.8. The molecule has 0 bridgehead atoms. The van der Waals surface area contributed by atoms with Gasteiger partial charge in [0.15, 0.2) is 58.7 Å². The molecule has 0 spiro atoms. The second-order valence-electron chi connectivity index (χ2n) is 26.5. The zero-order chi connectivity index (χ0) is 83.9. The molecule has 12 aromatic rings. The van der Waals surface area contributed by atoms with E-state index in [1.165, 1.54) is 30.3 Å². The zero-order valence-corrected chi connectivity index (χ0v) is 75.5. The van der Waals surface area contributed by atoms with E-state index in [0.717, 1.165) is 61.1 Å². The van der Waals surface area contributed by atoms with Crippen LogP contribution >= 0.6 is 90.4 Å². The van der Waals surface area contributed by atoms with Crippen molar-refractivity contribution in [3.8, 4) is 28.7 Å². The van der Waals surface area contributed by atoms with Gasteiger partial charge in [0.25, 0.3) is 0 Å². The third-order valence-corrected chi connectivity index (χ3v) is 26.4. The van der Waals surface area contributed by atoms with E-state index in [9.17, 15) is 50.3 Å². The molecule has 0 N–H and O–H groups in total. The SMILES string of the molecule is CC(C)(C)OC(=O)Oc1ccc([S+](c2ccccc2)c2ccc(OC(=O)C(C)(C)I)cc2)cc1.CC(I)C(=O)Oc1ccc([S+](c2ccccc2)c2cc(F)cc(F)c2)cc1.CC(I)C(=O)Oc1ccc([S+](c2ccccc2)c2cccc(C(F)(F)F)c2)cc1.CC(I)C(=O)Oc1ccc([S+](c2ccccc2)c2cccc(F)c2)cc1. The second kappa shape index (κ2) is 43.4. The van der Waals surface area contributed by atoms with Crippen LogP contribution in [0.4, 0.5) is 31.1 Å². The van der Waals surface area contributed by atoms with Gasteiger partial charge in [0.1, 0.15) is 67.0 Å². The summed E-state index contributed by atoms with van der Waals surface area (Å²) in [6.45, 7) is 14.3. The molecule has 0 radical (unpaired) electrons. The van der Waals surface area contributed by atoms with Crippen molar-refractivity contribution in [2.45, 2.75) is 141 Å². The fourth-order valence-electron chi connectivity index (χ4n) is 10.3. The number of halogens is 10. The van der Waals surface area contributed by atoms with E-state index in [1.54, 1.807) is 120 Å². The molecule has 7 unspecified atom stereocenters. The Morgan fingerprint density at radius 3 is 0.853 bits per heavy atom. The Morgan fingerprint density at radius 1 is 0.302 bits per heavy atom. The van der Waals surface area contributed by atoms with Crippen molar-refractivity contribution in [3.63, 3.8) is 0 Å². The van der Waals surface area contributed by atoms with Crippen molar-refractivity contribution in [2.24, 2.45) is 0 Å². The Bertz CT molecular complexity index is 5190. The lowest BCUT2D eigenvalue weighted by Gasteiger charge is -2.18. The lowest BCUT2D eigenvalue weighted by Crippen LogP contribution is -2.28. The smallest absolute Gasteiger partial charge is 0.428 e. The number of carbonyl (C=O) groups excluding carboxylic acids is 5. The first-order chi connectivity index (χ1) is 55.2. The van der Waals surface area contributed by atoms with Crippen molar-refractivity contribution in [1.29, 1.82) is 0 Å². The van der Waals surface area contributed by atoms with E-state index in [-0.39, 0.29) is 41.5 Å². The van der Waals surface area contributed by atoms with Crippen LogP contribution in [0, 0.1) is 17.5 Å². The van der Waals surface area contributed by atoms with Gasteiger partial charge in [-0.25, -0.2) is 18.0 Å². The molecule has 7 atom stereocenters. The standard InChI is InChI=1S/C27H28IO5S.C22H17F3IO2S.C21H16F2IO2S.C21H17FIO2S/c1-26(2,3)33-25(30)32-20-13-17-23(18-14-20)34(21-9-7-6-8-10-21)22-15-11-19(12-16-22)31-24(29)27(4,5)28;1-15(26)21(27)28-17-10-12-19(13-11-17)29(18-7-3-2-4-8-18)20-9-5-6-16(14-20)22(23,24)25;1-14(24)21(25)26-17-7-9-19(10-8-17)27(18-5-3-2-4-6-18)20-12-15(22)11-16(23)13-20;1-15(23)21(24)25-17-10-12-19(13-11-17)26(18-7-3-2-4-8-18)20-9-5-6-16(22)14-20/h6-18H,1-5H3;2-15H,1H3;2-14H,1H3;2-15H,1H3/q4*+1. The molecule has 12 aromatic carbocycles. The minimum atomic E-state index is -4.41. The third-order valence-electron chi connectivity index (χ3n) is 15.6. The number of rotatable bonds is 21. The average Bonchev–Trinajstić information content (AvgIpc) is 0.867. The van der Waals surface area contributed by atoms with Gasteiger partial charge in [-0.1, -0.05) is 175 Å². The summed E-state index contributed by atoms with van der Waals surface area (Å²) in [7, 11) is -2.26. The highest BCUT2D eigenvalue weighted by Crippen LogP contribution is 2.40. The van der Waals surface area contributed by atoms with Gasteiger partial charge in [-0.2, -0.15) is 13.2 Å². The Balaban J connectivity index is 0.000000178. The number of ether oxygens (including phenoxy) is 6. The first-order valence-electron chi connectivity index (χ1n) is 35.6. The Hall–Kier alpha value is -8.31.